The monoisotopic (exact) mass is 410 g/mol. The molecule has 0 aromatic heterocycles. The Balaban J connectivity index is 1.45. The van der Waals surface area contributed by atoms with Crippen LogP contribution in [0.2, 0.25) is 0 Å². The highest BCUT2D eigenvalue weighted by atomic mass is 79.9. The Kier molecular flexibility index (Phi) is 7.15. The highest BCUT2D eigenvalue weighted by Gasteiger charge is 2.09. The zero-order valence-electron chi connectivity index (χ0n) is 14.7. The van der Waals surface area contributed by atoms with E-state index in [1.165, 1.54) is 5.56 Å². The van der Waals surface area contributed by atoms with Crippen molar-refractivity contribution in [3.63, 3.8) is 0 Å². The van der Waals surface area contributed by atoms with E-state index >= 15 is 0 Å². The molecule has 0 fully saturated rings. The Bertz CT molecular complexity index is 788. The van der Waals surface area contributed by atoms with Gasteiger partial charge in [0, 0.05) is 5.56 Å². The van der Waals surface area contributed by atoms with E-state index < -0.39 is 0 Å². The van der Waals surface area contributed by atoms with Crippen molar-refractivity contribution in [3.05, 3.63) is 83.3 Å². The number of hydrogen-bond acceptors (Lipinski definition) is 2. The minimum atomic E-state index is 0.702. The van der Waals surface area contributed by atoms with Crippen LogP contribution in [-0.4, -0.2) is 13.2 Å². The van der Waals surface area contributed by atoms with Gasteiger partial charge in [-0.3, -0.25) is 0 Å². The molecule has 0 atom stereocenters. The number of rotatable bonds is 9. The second-order valence-electron chi connectivity index (χ2n) is 6.05. The van der Waals surface area contributed by atoms with Gasteiger partial charge in [0.25, 0.3) is 0 Å². The Morgan fingerprint density at radius 1 is 0.615 bits per heavy atom. The molecule has 0 bridgehead atoms. The predicted octanol–water partition coefficient (Wildman–Crippen LogP) is 6.74. The molecule has 0 saturated heterocycles. The van der Waals surface area contributed by atoms with Crippen molar-refractivity contribution >= 4 is 15.9 Å². The van der Waals surface area contributed by atoms with Crippen LogP contribution in [0, 0.1) is 0 Å². The van der Waals surface area contributed by atoms with Crippen molar-refractivity contribution in [1.82, 2.24) is 0 Å². The first-order valence-corrected chi connectivity index (χ1v) is 9.78. The van der Waals surface area contributed by atoms with Gasteiger partial charge in [0.05, 0.1) is 17.7 Å². The van der Waals surface area contributed by atoms with E-state index in [1.54, 1.807) is 0 Å². The smallest absolute Gasteiger partial charge is 0.141 e. The quantitative estimate of drug-likeness (QED) is 0.363. The lowest BCUT2D eigenvalue weighted by Gasteiger charge is -2.13. The third kappa shape index (κ3) is 5.37. The summed E-state index contributed by atoms with van der Waals surface area (Å²) in [6, 6.07) is 26.5. The van der Waals surface area contributed by atoms with Crippen LogP contribution in [0.4, 0.5) is 0 Å². The molecule has 0 amide bonds. The minimum Gasteiger partial charge on any atom is -0.494 e. The summed E-state index contributed by atoms with van der Waals surface area (Å²) in [5.41, 5.74) is 2.28. The van der Waals surface area contributed by atoms with Gasteiger partial charge in [-0.05, 0) is 59.0 Å². The first-order valence-electron chi connectivity index (χ1n) is 8.99. The zero-order valence-corrected chi connectivity index (χ0v) is 16.3. The van der Waals surface area contributed by atoms with E-state index in [2.05, 4.69) is 34.1 Å². The lowest BCUT2D eigenvalue weighted by molar-refractivity contribution is 0.279. The second kappa shape index (κ2) is 10.0. The number of ether oxygens (including phenoxy) is 2. The molecule has 134 valence electrons. The summed E-state index contributed by atoms with van der Waals surface area (Å²) in [4.78, 5) is 0. The molecule has 0 unspecified atom stereocenters. The Morgan fingerprint density at radius 2 is 1.27 bits per heavy atom. The van der Waals surface area contributed by atoms with E-state index in [0.29, 0.717) is 6.61 Å². The molecule has 0 radical (unpaired) electrons. The standard InChI is InChI=1S/C23H23BrO2/c24-22-16-10-15-21(19-11-4-1-5-12-19)23(22)26-18-9-3-8-17-25-20-13-6-2-7-14-20/h1-2,4-7,10-16H,3,8-9,17-18H2. The predicted molar refractivity (Wildman–Crippen MR) is 111 cm³/mol. The Morgan fingerprint density at radius 3 is 2.00 bits per heavy atom. The van der Waals surface area contributed by atoms with Gasteiger partial charge in [-0.1, -0.05) is 60.7 Å². The van der Waals surface area contributed by atoms with Crippen molar-refractivity contribution in [2.24, 2.45) is 0 Å². The van der Waals surface area contributed by atoms with Crippen molar-refractivity contribution in [2.75, 3.05) is 13.2 Å². The van der Waals surface area contributed by atoms with Gasteiger partial charge in [0.1, 0.15) is 11.5 Å². The molecular weight excluding hydrogens is 388 g/mol. The molecule has 26 heavy (non-hydrogen) atoms. The SMILES string of the molecule is Brc1cccc(-c2ccccc2)c1OCCCCCOc1ccccc1. The van der Waals surface area contributed by atoms with E-state index in [-0.39, 0.29) is 0 Å². The van der Waals surface area contributed by atoms with Crippen LogP contribution in [0.15, 0.2) is 83.3 Å². The fraction of sp³-hybridized carbons (Fsp3) is 0.217. The molecule has 0 saturated carbocycles. The van der Waals surface area contributed by atoms with Gasteiger partial charge in [-0.15, -0.1) is 0 Å². The highest BCUT2D eigenvalue weighted by Crippen LogP contribution is 2.36. The third-order valence-electron chi connectivity index (χ3n) is 4.10. The number of halogens is 1. The molecule has 0 spiro atoms. The van der Waals surface area contributed by atoms with Gasteiger partial charge in [-0.25, -0.2) is 0 Å². The summed E-state index contributed by atoms with van der Waals surface area (Å²) in [5, 5.41) is 0. The summed E-state index contributed by atoms with van der Waals surface area (Å²) in [6.45, 7) is 1.45. The maximum atomic E-state index is 6.10. The van der Waals surface area contributed by atoms with E-state index in [9.17, 15) is 0 Å². The van der Waals surface area contributed by atoms with Crippen molar-refractivity contribution in [3.8, 4) is 22.6 Å². The van der Waals surface area contributed by atoms with Crippen LogP contribution in [0.3, 0.4) is 0 Å². The van der Waals surface area contributed by atoms with E-state index in [0.717, 1.165) is 47.4 Å². The fourth-order valence-corrected chi connectivity index (χ4v) is 3.24. The summed E-state index contributed by atoms with van der Waals surface area (Å²) in [5.74, 6) is 1.85. The van der Waals surface area contributed by atoms with Crippen molar-refractivity contribution in [1.29, 1.82) is 0 Å². The van der Waals surface area contributed by atoms with Gasteiger partial charge >= 0.3 is 0 Å². The molecule has 0 aliphatic heterocycles. The molecule has 3 aromatic rings. The summed E-state index contributed by atoms with van der Waals surface area (Å²) in [6.07, 6.45) is 3.12. The summed E-state index contributed by atoms with van der Waals surface area (Å²) in [7, 11) is 0. The average molecular weight is 411 g/mol. The van der Waals surface area contributed by atoms with E-state index in [1.807, 2.05) is 60.7 Å². The van der Waals surface area contributed by atoms with E-state index in [4.69, 9.17) is 9.47 Å². The first-order chi connectivity index (χ1) is 12.8. The topological polar surface area (TPSA) is 18.5 Å². The van der Waals surface area contributed by atoms with Gasteiger partial charge < -0.3 is 9.47 Å². The molecule has 3 rings (SSSR count). The van der Waals surface area contributed by atoms with Crippen LogP contribution in [0.25, 0.3) is 11.1 Å². The number of benzene rings is 3. The molecular formula is C23H23BrO2. The Labute approximate surface area is 163 Å². The normalized spacial score (nSPS) is 10.5. The largest absolute Gasteiger partial charge is 0.494 e. The van der Waals surface area contributed by atoms with Crippen molar-refractivity contribution < 1.29 is 9.47 Å². The van der Waals surface area contributed by atoms with Gasteiger partial charge in [0.2, 0.25) is 0 Å². The molecule has 0 aliphatic rings. The number of unbranched alkanes of at least 4 members (excludes halogenated alkanes) is 2. The molecule has 0 aliphatic carbocycles. The van der Waals surface area contributed by atoms with Gasteiger partial charge in [0.15, 0.2) is 0 Å². The zero-order chi connectivity index (χ0) is 18.0. The van der Waals surface area contributed by atoms with Crippen molar-refractivity contribution in [2.45, 2.75) is 19.3 Å². The number of para-hydroxylation sites is 2. The maximum absolute atomic E-state index is 6.10. The lowest BCUT2D eigenvalue weighted by atomic mass is 10.0. The van der Waals surface area contributed by atoms with Crippen LogP contribution >= 0.6 is 15.9 Å². The second-order valence-corrected chi connectivity index (χ2v) is 6.91. The maximum Gasteiger partial charge on any atom is 0.141 e. The van der Waals surface area contributed by atoms with Crippen LogP contribution in [-0.2, 0) is 0 Å². The van der Waals surface area contributed by atoms with Crippen LogP contribution < -0.4 is 9.47 Å². The minimum absolute atomic E-state index is 0.702. The molecule has 0 heterocycles. The molecule has 0 N–H and O–H groups in total. The highest BCUT2D eigenvalue weighted by molar-refractivity contribution is 9.10. The van der Waals surface area contributed by atoms with Gasteiger partial charge in [-0.2, -0.15) is 0 Å². The van der Waals surface area contributed by atoms with Crippen LogP contribution in [0.5, 0.6) is 11.5 Å². The van der Waals surface area contributed by atoms with Crippen LogP contribution in [0.1, 0.15) is 19.3 Å². The fourth-order valence-electron chi connectivity index (χ4n) is 2.76. The number of hydrogen-bond donors (Lipinski definition) is 0. The summed E-state index contributed by atoms with van der Waals surface area (Å²) >= 11 is 3.62. The molecule has 3 heteroatoms. The third-order valence-corrected chi connectivity index (χ3v) is 4.72. The average Bonchev–Trinajstić information content (AvgIpc) is 2.69. The molecule has 3 aromatic carbocycles. The Hall–Kier alpha value is -2.26. The first kappa shape index (κ1) is 18.5. The molecule has 2 nitrogen and oxygen atoms in total. The summed E-state index contributed by atoms with van der Waals surface area (Å²) < 4.78 is 12.8. The lowest BCUT2D eigenvalue weighted by Crippen LogP contribution is -2.02.